The maximum Gasteiger partial charge on any atom is 0.240 e. The van der Waals surface area contributed by atoms with Crippen LogP contribution in [0.1, 0.15) is 16.3 Å². The fourth-order valence-corrected chi connectivity index (χ4v) is 2.42. The van der Waals surface area contributed by atoms with E-state index < -0.39 is 10.0 Å². The summed E-state index contributed by atoms with van der Waals surface area (Å²) < 4.78 is 31.2. The molecule has 0 fully saturated rings. The summed E-state index contributed by atoms with van der Waals surface area (Å²) in [4.78, 5) is 10.6. The van der Waals surface area contributed by atoms with Gasteiger partial charge in [0.2, 0.25) is 10.0 Å². The van der Waals surface area contributed by atoms with Crippen molar-refractivity contribution in [3.63, 3.8) is 0 Å². The molecule has 2 aromatic rings. The van der Waals surface area contributed by atoms with Crippen LogP contribution >= 0.6 is 0 Å². The first-order valence-electron chi connectivity index (χ1n) is 5.20. The average Bonchev–Trinajstić information content (AvgIpc) is 2.86. The van der Waals surface area contributed by atoms with E-state index in [-0.39, 0.29) is 17.2 Å². The number of carbonyl (C=O) groups is 1. The van der Waals surface area contributed by atoms with Gasteiger partial charge in [0, 0.05) is 0 Å². The van der Waals surface area contributed by atoms with Crippen LogP contribution in [-0.2, 0) is 16.6 Å². The number of sulfonamides is 1. The van der Waals surface area contributed by atoms with Crippen molar-refractivity contribution in [2.75, 3.05) is 0 Å². The molecule has 0 aliphatic heterocycles. The van der Waals surface area contributed by atoms with Gasteiger partial charge in [-0.2, -0.15) is 0 Å². The predicted molar refractivity (Wildman–Crippen MR) is 64.6 cm³/mol. The second kappa shape index (κ2) is 5.16. The van der Waals surface area contributed by atoms with E-state index in [9.17, 15) is 13.2 Å². The van der Waals surface area contributed by atoms with Gasteiger partial charge in [-0.1, -0.05) is 18.2 Å². The molecule has 5 nitrogen and oxygen atoms in total. The van der Waals surface area contributed by atoms with Crippen LogP contribution in [0.25, 0.3) is 0 Å². The summed E-state index contributed by atoms with van der Waals surface area (Å²) in [6.45, 7) is 0.00503. The van der Waals surface area contributed by atoms with Crippen LogP contribution in [0.5, 0.6) is 0 Å². The van der Waals surface area contributed by atoms with Crippen molar-refractivity contribution < 1.29 is 17.6 Å². The van der Waals surface area contributed by atoms with Crippen LogP contribution < -0.4 is 4.72 Å². The van der Waals surface area contributed by atoms with Crippen molar-refractivity contribution >= 4 is 16.3 Å². The molecule has 0 amide bonds. The maximum atomic E-state index is 11.9. The zero-order chi connectivity index (χ0) is 13.0. The summed E-state index contributed by atoms with van der Waals surface area (Å²) in [5.74, 6) is 0.556. The van der Waals surface area contributed by atoms with Crippen LogP contribution in [-0.4, -0.2) is 14.7 Å². The molecule has 0 spiro atoms. The van der Waals surface area contributed by atoms with E-state index >= 15 is 0 Å². The molecule has 0 bridgehead atoms. The van der Waals surface area contributed by atoms with Crippen molar-refractivity contribution in [1.82, 2.24) is 4.72 Å². The number of benzene rings is 1. The Morgan fingerprint density at radius 1 is 1.11 bits per heavy atom. The van der Waals surface area contributed by atoms with Crippen molar-refractivity contribution in [2.24, 2.45) is 0 Å². The second-order valence-corrected chi connectivity index (χ2v) is 5.33. The molecule has 1 aromatic heterocycles. The number of hydrogen-bond acceptors (Lipinski definition) is 4. The topological polar surface area (TPSA) is 76.4 Å². The summed E-state index contributed by atoms with van der Waals surface area (Å²) in [5.41, 5.74) is 0. The second-order valence-electron chi connectivity index (χ2n) is 3.56. The maximum absolute atomic E-state index is 11.9. The summed E-state index contributed by atoms with van der Waals surface area (Å²) >= 11 is 0. The lowest BCUT2D eigenvalue weighted by molar-refractivity contribution is 0.109. The Kier molecular flexibility index (Phi) is 3.59. The Morgan fingerprint density at radius 3 is 2.44 bits per heavy atom. The molecule has 2 rings (SSSR count). The highest BCUT2D eigenvalue weighted by atomic mass is 32.2. The molecule has 0 radical (unpaired) electrons. The SMILES string of the molecule is O=Cc1ccc(CNS(=O)(=O)c2ccccc2)o1. The Morgan fingerprint density at radius 2 is 1.83 bits per heavy atom. The summed E-state index contributed by atoms with van der Waals surface area (Å²) in [6, 6.07) is 11.1. The molecule has 0 unspecified atom stereocenters. The summed E-state index contributed by atoms with van der Waals surface area (Å²) in [6.07, 6.45) is 0.565. The molecule has 0 atom stereocenters. The van der Waals surface area contributed by atoms with Gasteiger partial charge in [-0.15, -0.1) is 0 Å². The molecule has 1 N–H and O–H groups in total. The lowest BCUT2D eigenvalue weighted by Gasteiger charge is -2.04. The Bertz CT molecular complexity index is 631. The van der Waals surface area contributed by atoms with Crippen LogP contribution in [0, 0.1) is 0 Å². The third-order valence-electron chi connectivity index (χ3n) is 2.29. The number of rotatable bonds is 5. The van der Waals surface area contributed by atoms with E-state index in [0.717, 1.165) is 0 Å². The lowest BCUT2D eigenvalue weighted by Crippen LogP contribution is -2.22. The van der Waals surface area contributed by atoms with Gasteiger partial charge in [0.1, 0.15) is 5.76 Å². The molecule has 0 aliphatic carbocycles. The fourth-order valence-electron chi connectivity index (χ4n) is 1.40. The quantitative estimate of drug-likeness (QED) is 0.832. The molecular weight excluding hydrogens is 254 g/mol. The molecule has 0 aliphatic rings. The zero-order valence-electron chi connectivity index (χ0n) is 9.37. The molecule has 0 saturated carbocycles. The summed E-state index contributed by atoms with van der Waals surface area (Å²) in [7, 11) is -3.55. The van der Waals surface area contributed by atoms with Gasteiger partial charge in [-0.25, -0.2) is 13.1 Å². The van der Waals surface area contributed by atoms with Gasteiger partial charge in [-0.3, -0.25) is 4.79 Å². The van der Waals surface area contributed by atoms with E-state index in [1.165, 1.54) is 18.2 Å². The molecule has 0 saturated heterocycles. The standard InChI is InChI=1S/C12H11NO4S/c14-9-11-7-6-10(17-11)8-13-18(15,16)12-4-2-1-3-5-12/h1-7,9,13H,8H2. The van der Waals surface area contributed by atoms with Gasteiger partial charge < -0.3 is 4.42 Å². The highest BCUT2D eigenvalue weighted by molar-refractivity contribution is 7.89. The van der Waals surface area contributed by atoms with E-state index in [4.69, 9.17) is 4.42 Å². The molecule has 1 aromatic carbocycles. The number of carbonyl (C=O) groups excluding carboxylic acids is 1. The lowest BCUT2D eigenvalue weighted by atomic mass is 10.4. The van der Waals surface area contributed by atoms with Gasteiger partial charge in [-0.05, 0) is 24.3 Å². The molecule has 1 heterocycles. The van der Waals surface area contributed by atoms with Gasteiger partial charge >= 0.3 is 0 Å². The predicted octanol–water partition coefficient (Wildman–Crippen LogP) is 1.57. The van der Waals surface area contributed by atoms with Crippen molar-refractivity contribution in [1.29, 1.82) is 0 Å². The highest BCUT2D eigenvalue weighted by Crippen LogP contribution is 2.10. The number of hydrogen-bond donors (Lipinski definition) is 1. The normalized spacial score (nSPS) is 11.3. The van der Waals surface area contributed by atoms with Crippen molar-refractivity contribution in [2.45, 2.75) is 11.4 Å². The van der Waals surface area contributed by atoms with Crippen LogP contribution in [0.3, 0.4) is 0 Å². The van der Waals surface area contributed by atoms with E-state index in [0.29, 0.717) is 12.0 Å². The number of nitrogens with one attached hydrogen (secondary N) is 1. The van der Waals surface area contributed by atoms with Gasteiger partial charge in [0.15, 0.2) is 12.0 Å². The minimum Gasteiger partial charge on any atom is -0.457 e. The van der Waals surface area contributed by atoms with E-state index in [1.807, 2.05) is 0 Å². The Labute approximate surface area is 104 Å². The van der Waals surface area contributed by atoms with Crippen molar-refractivity contribution in [3.05, 3.63) is 54.0 Å². The van der Waals surface area contributed by atoms with Gasteiger partial charge in [0.05, 0.1) is 11.4 Å². The minimum absolute atomic E-state index is 0.00503. The third-order valence-corrected chi connectivity index (χ3v) is 3.71. The highest BCUT2D eigenvalue weighted by Gasteiger charge is 2.13. The van der Waals surface area contributed by atoms with Crippen LogP contribution in [0.15, 0.2) is 51.8 Å². The molecule has 94 valence electrons. The Hall–Kier alpha value is -1.92. The Balaban J connectivity index is 2.08. The average molecular weight is 265 g/mol. The molecular formula is C12H11NO4S. The summed E-state index contributed by atoms with van der Waals surface area (Å²) in [5, 5.41) is 0. The number of furan rings is 1. The first-order valence-corrected chi connectivity index (χ1v) is 6.69. The monoisotopic (exact) mass is 265 g/mol. The molecule has 6 heteroatoms. The fraction of sp³-hybridized carbons (Fsp3) is 0.0833. The van der Waals surface area contributed by atoms with Crippen LogP contribution in [0.4, 0.5) is 0 Å². The first-order chi connectivity index (χ1) is 8.62. The number of aldehydes is 1. The smallest absolute Gasteiger partial charge is 0.240 e. The first kappa shape index (κ1) is 12.5. The largest absolute Gasteiger partial charge is 0.457 e. The van der Waals surface area contributed by atoms with E-state index in [1.54, 1.807) is 24.3 Å². The van der Waals surface area contributed by atoms with Crippen molar-refractivity contribution in [3.8, 4) is 0 Å². The molecule has 18 heavy (non-hydrogen) atoms. The minimum atomic E-state index is -3.55. The van der Waals surface area contributed by atoms with E-state index in [2.05, 4.69) is 4.72 Å². The van der Waals surface area contributed by atoms with Crippen LogP contribution in [0.2, 0.25) is 0 Å². The third kappa shape index (κ3) is 2.85. The van der Waals surface area contributed by atoms with Gasteiger partial charge in [0.25, 0.3) is 0 Å². The zero-order valence-corrected chi connectivity index (χ0v) is 10.2.